The number of alkyl halides is 3. The molecule has 2 aromatic rings. The molecule has 8 heteroatoms. The van der Waals surface area contributed by atoms with Gasteiger partial charge in [-0.3, -0.25) is 9.69 Å². The number of halogens is 4. The molecule has 0 saturated carbocycles. The van der Waals surface area contributed by atoms with Crippen molar-refractivity contribution in [2.75, 3.05) is 20.2 Å². The Morgan fingerprint density at radius 3 is 2.69 bits per heavy atom. The molecule has 1 saturated heterocycles. The lowest BCUT2D eigenvalue weighted by molar-refractivity contribution is -0.143. The predicted molar refractivity (Wildman–Crippen MR) is 106 cm³/mol. The number of carboxylic acid groups (broad SMARTS) is 1. The number of methoxy groups -OCH3 is 1. The molecule has 0 amide bonds. The van der Waals surface area contributed by atoms with Crippen molar-refractivity contribution in [1.82, 2.24) is 4.90 Å². The first kappa shape index (κ1) is 21.6. The molecule has 2 unspecified atom stereocenters. The van der Waals surface area contributed by atoms with E-state index in [1.807, 2.05) is 11.0 Å². The Labute approximate surface area is 175 Å². The number of ether oxygens (including phenoxy) is 1. The van der Waals surface area contributed by atoms with Crippen LogP contribution in [-0.4, -0.2) is 36.2 Å². The van der Waals surface area contributed by atoms with Crippen molar-refractivity contribution in [3.8, 4) is 5.75 Å². The van der Waals surface area contributed by atoms with Gasteiger partial charge in [-0.2, -0.15) is 13.2 Å². The highest BCUT2D eigenvalue weighted by atomic mass is 79.9. The first-order chi connectivity index (χ1) is 13.7. The van der Waals surface area contributed by atoms with Gasteiger partial charge in [0.2, 0.25) is 0 Å². The SMILES string of the molecule is COc1ccc(Br)cc1C(c1cccc(C(F)(F)F)c1)N1CCCC(C(=O)O)C1. The average molecular weight is 472 g/mol. The zero-order valence-electron chi connectivity index (χ0n) is 15.7. The van der Waals surface area contributed by atoms with Gasteiger partial charge < -0.3 is 9.84 Å². The lowest BCUT2D eigenvalue weighted by atomic mass is 9.90. The summed E-state index contributed by atoms with van der Waals surface area (Å²) in [6.07, 6.45) is -3.26. The number of carbonyl (C=O) groups is 1. The van der Waals surface area contributed by atoms with Crippen LogP contribution >= 0.6 is 15.9 Å². The van der Waals surface area contributed by atoms with Crippen molar-refractivity contribution in [3.05, 3.63) is 63.6 Å². The molecule has 0 radical (unpaired) electrons. The van der Waals surface area contributed by atoms with E-state index in [0.717, 1.165) is 16.6 Å². The predicted octanol–water partition coefficient (Wildman–Crippen LogP) is 5.36. The van der Waals surface area contributed by atoms with E-state index in [0.29, 0.717) is 36.3 Å². The molecule has 2 atom stereocenters. The van der Waals surface area contributed by atoms with E-state index in [2.05, 4.69) is 15.9 Å². The molecule has 0 spiro atoms. The molecule has 0 aliphatic carbocycles. The van der Waals surface area contributed by atoms with E-state index in [-0.39, 0.29) is 6.54 Å². The van der Waals surface area contributed by atoms with Gasteiger partial charge in [0, 0.05) is 16.6 Å². The third-order valence-electron chi connectivity index (χ3n) is 5.18. The maximum absolute atomic E-state index is 13.3. The summed E-state index contributed by atoms with van der Waals surface area (Å²) in [6, 6.07) is 9.99. The minimum atomic E-state index is -4.46. The van der Waals surface area contributed by atoms with Crippen LogP contribution in [0, 0.1) is 5.92 Å². The number of likely N-dealkylation sites (tertiary alicyclic amines) is 1. The second kappa shape index (κ2) is 8.75. The van der Waals surface area contributed by atoms with E-state index in [1.165, 1.54) is 13.2 Å². The monoisotopic (exact) mass is 471 g/mol. The van der Waals surface area contributed by atoms with Gasteiger partial charge in [-0.15, -0.1) is 0 Å². The van der Waals surface area contributed by atoms with Crippen LogP contribution < -0.4 is 4.74 Å². The van der Waals surface area contributed by atoms with Gasteiger partial charge in [-0.25, -0.2) is 0 Å². The molecule has 3 rings (SSSR count). The standard InChI is InChI=1S/C21H21BrF3NO3/c1-29-18-8-7-16(22)11-17(18)19(26-9-3-5-14(12-26)20(27)28)13-4-2-6-15(10-13)21(23,24)25/h2,4,6-8,10-11,14,19H,3,5,9,12H2,1H3,(H,27,28). The van der Waals surface area contributed by atoms with Crippen molar-refractivity contribution >= 4 is 21.9 Å². The van der Waals surface area contributed by atoms with Crippen LogP contribution in [0.2, 0.25) is 0 Å². The molecule has 2 aromatic carbocycles. The number of aliphatic carboxylic acids is 1. The summed E-state index contributed by atoms with van der Waals surface area (Å²) in [5.41, 5.74) is 0.398. The highest BCUT2D eigenvalue weighted by molar-refractivity contribution is 9.10. The third kappa shape index (κ3) is 4.93. The molecule has 29 heavy (non-hydrogen) atoms. The van der Waals surface area contributed by atoms with Gasteiger partial charge in [0.25, 0.3) is 0 Å². The Hall–Kier alpha value is -2.06. The first-order valence-corrected chi connectivity index (χ1v) is 9.97. The summed E-state index contributed by atoms with van der Waals surface area (Å²) in [5.74, 6) is -0.915. The minimum Gasteiger partial charge on any atom is -0.496 e. The number of hydrogen-bond acceptors (Lipinski definition) is 3. The van der Waals surface area contributed by atoms with Gasteiger partial charge >= 0.3 is 12.1 Å². The van der Waals surface area contributed by atoms with E-state index >= 15 is 0 Å². The zero-order chi connectivity index (χ0) is 21.2. The molecular weight excluding hydrogens is 451 g/mol. The number of benzene rings is 2. The molecule has 1 fully saturated rings. The van der Waals surface area contributed by atoms with E-state index in [4.69, 9.17) is 4.74 Å². The Morgan fingerprint density at radius 2 is 2.03 bits per heavy atom. The Bertz CT molecular complexity index is 888. The third-order valence-corrected chi connectivity index (χ3v) is 5.68. The molecule has 0 aromatic heterocycles. The summed E-state index contributed by atoms with van der Waals surface area (Å²) in [4.78, 5) is 13.5. The van der Waals surface area contributed by atoms with Gasteiger partial charge in [0.15, 0.2) is 0 Å². The topological polar surface area (TPSA) is 49.8 Å². The maximum Gasteiger partial charge on any atom is 0.416 e. The van der Waals surface area contributed by atoms with Crippen molar-refractivity contribution in [2.24, 2.45) is 5.92 Å². The number of rotatable bonds is 5. The second-order valence-electron chi connectivity index (χ2n) is 7.08. The molecule has 1 heterocycles. The van der Waals surface area contributed by atoms with Crippen molar-refractivity contribution in [2.45, 2.75) is 25.1 Å². The summed E-state index contributed by atoms with van der Waals surface area (Å²) < 4.78 is 46.2. The van der Waals surface area contributed by atoms with Crippen LogP contribution in [0.15, 0.2) is 46.9 Å². The highest BCUT2D eigenvalue weighted by Gasteiger charge is 2.35. The average Bonchev–Trinajstić information content (AvgIpc) is 2.68. The summed E-state index contributed by atoms with van der Waals surface area (Å²) >= 11 is 3.42. The quantitative estimate of drug-likeness (QED) is 0.637. The first-order valence-electron chi connectivity index (χ1n) is 9.18. The van der Waals surface area contributed by atoms with E-state index in [9.17, 15) is 23.1 Å². The van der Waals surface area contributed by atoms with Gasteiger partial charge in [0.1, 0.15) is 5.75 Å². The molecule has 4 nitrogen and oxygen atoms in total. The number of nitrogens with zero attached hydrogens (tertiary/aromatic N) is 1. The fourth-order valence-electron chi connectivity index (χ4n) is 3.83. The lowest BCUT2D eigenvalue weighted by Crippen LogP contribution is -2.41. The Morgan fingerprint density at radius 1 is 1.28 bits per heavy atom. The largest absolute Gasteiger partial charge is 0.496 e. The minimum absolute atomic E-state index is 0.256. The number of piperidine rings is 1. The Balaban J connectivity index is 2.13. The number of carboxylic acids is 1. The number of hydrogen-bond donors (Lipinski definition) is 1. The fraction of sp³-hybridized carbons (Fsp3) is 0.381. The van der Waals surface area contributed by atoms with Crippen molar-refractivity contribution in [1.29, 1.82) is 0 Å². The molecular formula is C21H21BrF3NO3. The van der Waals surface area contributed by atoms with Crippen LogP contribution in [0.5, 0.6) is 5.75 Å². The molecule has 1 N–H and O–H groups in total. The zero-order valence-corrected chi connectivity index (χ0v) is 17.3. The van der Waals surface area contributed by atoms with Gasteiger partial charge in [-0.05, 0) is 55.3 Å². The van der Waals surface area contributed by atoms with Crippen LogP contribution in [-0.2, 0) is 11.0 Å². The normalized spacial score (nSPS) is 19.0. The Kier molecular flexibility index (Phi) is 6.53. The lowest BCUT2D eigenvalue weighted by Gasteiger charge is -2.38. The van der Waals surface area contributed by atoms with Gasteiger partial charge in [0.05, 0.1) is 24.6 Å². The smallest absolute Gasteiger partial charge is 0.416 e. The molecule has 0 bridgehead atoms. The molecule has 1 aliphatic rings. The summed E-state index contributed by atoms with van der Waals surface area (Å²) in [5, 5.41) is 9.47. The summed E-state index contributed by atoms with van der Waals surface area (Å²) in [6.45, 7) is 0.840. The molecule has 1 aliphatic heterocycles. The van der Waals surface area contributed by atoms with Crippen LogP contribution in [0.25, 0.3) is 0 Å². The summed E-state index contributed by atoms with van der Waals surface area (Å²) in [7, 11) is 1.51. The van der Waals surface area contributed by atoms with E-state index < -0.39 is 29.7 Å². The van der Waals surface area contributed by atoms with Gasteiger partial charge in [-0.1, -0.05) is 28.1 Å². The van der Waals surface area contributed by atoms with Crippen LogP contribution in [0.4, 0.5) is 13.2 Å². The van der Waals surface area contributed by atoms with Crippen LogP contribution in [0.1, 0.15) is 35.6 Å². The fourth-order valence-corrected chi connectivity index (χ4v) is 4.21. The van der Waals surface area contributed by atoms with E-state index in [1.54, 1.807) is 18.2 Å². The van der Waals surface area contributed by atoms with Crippen molar-refractivity contribution in [3.63, 3.8) is 0 Å². The van der Waals surface area contributed by atoms with Crippen LogP contribution in [0.3, 0.4) is 0 Å². The van der Waals surface area contributed by atoms with Crippen molar-refractivity contribution < 1.29 is 27.8 Å². The second-order valence-corrected chi connectivity index (χ2v) is 8.00. The maximum atomic E-state index is 13.3. The highest BCUT2D eigenvalue weighted by Crippen LogP contribution is 2.40. The molecule has 156 valence electrons.